The number of carbonyl (C=O) groups is 2. The molecule has 128 valence electrons. The van der Waals surface area contributed by atoms with E-state index in [4.69, 9.17) is 0 Å². The van der Waals surface area contributed by atoms with Crippen LogP contribution in [0.4, 0.5) is 10.5 Å². The van der Waals surface area contributed by atoms with Crippen LogP contribution >= 0.6 is 11.3 Å². The number of nitrogens with zero attached hydrogens (tertiary/aromatic N) is 3. The molecule has 0 radical (unpaired) electrons. The zero-order valence-electron chi connectivity index (χ0n) is 13.7. The fourth-order valence-corrected chi connectivity index (χ4v) is 3.66. The molecule has 2 unspecified atom stereocenters. The quantitative estimate of drug-likeness (QED) is 0.861. The van der Waals surface area contributed by atoms with Gasteiger partial charge in [-0.15, -0.1) is 11.3 Å². The zero-order valence-corrected chi connectivity index (χ0v) is 14.5. The van der Waals surface area contributed by atoms with Crippen LogP contribution in [0.5, 0.6) is 0 Å². The van der Waals surface area contributed by atoms with E-state index in [1.54, 1.807) is 33.3 Å². The van der Waals surface area contributed by atoms with Gasteiger partial charge in [-0.3, -0.25) is 9.48 Å². The Bertz CT molecular complexity index is 712. The van der Waals surface area contributed by atoms with Crippen molar-refractivity contribution in [3.8, 4) is 0 Å². The van der Waals surface area contributed by atoms with Gasteiger partial charge in [-0.25, -0.2) is 4.79 Å². The summed E-state index contributed by atoms with van der Waals surface area (Å²) in [5.74, 6) is -0.0935. The molecule has 1 aliphatic rings. The third kappa shape index (κ3) is 3.76. The van der Waals surface area contributed by atoms with Crippen molar-refractivity contribution in [1.29, 1.82) is 0 Å². The normalized spacial score (nSPS) is 18.7. The Morgan fingerprint density at radius 2 is 2.38 bits per heavy atom. The smallest absolute Gasteiger partial charge is 0.315 e. The second-order valence-corrected chi connectivity index (χ2v) is 7.04. The monoisotopic (exact) mass is 347 g/mol. The highest BCUT2D eigenvalue weighted by Gasteiger charge is 2.34. The van der Waals surface area contributed by atoms with Crippen molar-refractivity contribution in [1.82, 2.24) is 20.4 Å². The number of anilines is 1. The highest BCUT2D eigenvalue weighted by molar-refractivity contribution is 7.09. The van der Waals surface area contributed by atoms with E-state index >= 15 is 0 Å². The second-order valence-electron chi connectivity index (χ2n) is 6.01. The molecule has 1 aliphatic heterocycles. The van der Waals surface area contributed by atoms with Crippen molar-refractivity contribution in [3.05, 3.63) is 34.8 Å². The lowest BCUT2D eigenvalue weighted by Gasteiger charge is -2.17. The molecule has 8 heteroatoms. The number of nitrogens with one attached hydrogen (secondary N) is 2. The fraction of sp³-hybridized carbons (Fsp3) is 0.438. The van der Waals surface area contributed by atoms with Gasteiger partial charge in [-0.2, -0.15) is 5.10 Å². The van der Waals surface area contributed by atoms with Gasteiger partial charge in [0.1, 0.15) is 6.04 Å². The molecular weight excluding hydrogens is 326 g/mol. The number of hydrogen-bond acceptors (Lipinski definition) is 4. The summed E-state index contributed by atoms with van der Waals surface area (Å²) in [6.07, 6.45) is 4.83. The molecule has 3 amide bonds. The van der Waals surface area contributed by atoms with Crippen LogP contribution in [0.15, 0.2) is 29.9 Å². The molecule has 2 aromatic heterocycles. The van der Waals surface area contributed by atoms with E-state index in [9.17, 15) is 9.59 Å². The van der Waals surface area contributed by atoms with Gasteiger partial charge in [-0.1, -0.05) is 6.07 Å². The molecule has 3 rings (SSSR count). The molecule has 3 heterocycles. The average molecular weight is 347 g/mol. The van der Waals surface area contributed by atoms with Crippen molar-refractivity contribution >= 4 is 29.0 Å². The first-order chi connectivity index (χ1) is 11.5. The van der Waals surface area contributed by atoms with Crippen LogP contribution in [0.1, 0.15) is 18.2 Å². The maximum absolute atomic E-state index is 12.4. The number of hydrogen-bond donors (Lipinski definition) is 2. The average Bonchev–Trinajstić information content (AvgIpc) is 3.23. The first-order valence-corrected chi connectivity index (χ1v) is 8.80. The Hall–Kier alpha value is -2.35. The van der Waals surface area contributed by atoms with Gasteiger partial charge in [0.05, 0.1) is 11.9 Å². The number of aryl methyl sites for hydroxylation is 1. The topological polar surface area (TPSA) is 79.3 Å². The summed E-state index contributed by atoms with van der Waals surface area (Å²) in [4.78, 5) is 27.4. The Morgan fingerprint density at radius 1 is 1.54 bits per heavy atom. The van der Waals surface area contributed by atoms with Crippen LogP contribution in [0, 0.1) is 0 Å². The van der Waals surface area contributed by atoms with E-state index in [1.807, 2.05) is 31.5 Å². The maximum atomic E-state index is 12.4. The van der Waals surface area contributed by atoms with Crippen LogP contribution in [0.25, 0.3) is 0 Å². The summed E-state index contributed by atoms with van der Waals surface area (Å²) in [6.45, 7) is 2.54. The lowest BCUT2D eigenvalue weighted by molar-refractivity contribution is -0.118. The lowest BCUT2D eigenvalue weighted by Crippen LogP contribution is -2.48. The Kier molecular flexibility index (Phi) is 4.84. The summed E-state index contributed by atoms with van der Waals surface area (Å²) in [5, 5.41) is 11.8. The molecule has 0 saturated carbocycles. The lowest BCUT2D eigenvalue weighted by atomic mass is 10.2. The van der Waals surface area contributed by atoms with Gasteiger partial charge in [0.15, 0.2) is 0 Å². The number of carbonyl (C=O) groups excluding carboxylic acids is 2. The predicted octanol–water partition coefficient (Wildman–Crippen LogP) is 1.52. The standard InChI is InChI=1S/C16H21N5O2S/c1-11(8-13-4-3-7-24-13)18-16(23)19-14-5-6-21(15(14)22)12-9-17-20(2)10-12/h3-4,7,9-11,14H,5-6,8H2,1-2H3,(H2,18,19,23). The van der Waals surface area contributed by atoms with Crippen molar-refractivity contribution in [2.75, 3.05) is 11.4 Å². The van der Waals surface area contributed by atoms with Gasteiger partial charge in [0.2, 0.25) is 5.91 Å². The summed E-state index contributed by atoms with van der Waals surface area (Å²) in [5.41, 5.74) is 0.762. The minimum atomic E-state index is -0.487. The molecule has 1 fully saturated rings. The first-order valence-electron chi connectivity index (χ1n) is 7.92. The van der Waals surface area contributed by atoms with Crippen LogP contribution in [0.2, 0.25) is 0 Å². The van der Waals surface area contributed by atoms with Gasteiger partial charge in [0, 0.05) is 37.1 Å². The molecule has 0 aromatic carbocycles. The predicted molar refractivity (Wildman–Crippen MR) is 93.1 cm³/mol. The summed E-state index contributed by atoms with van der Waals surface area (Å²) in [6, 6.07) is 3.27. The molecule has 0 aliphatic carbocycles. The van der Waals surface area contributed by atoms with Crippen molar-refractivity contribution in [2.24, 2.45) is 7.05 Å². The van der Waals surface area contributed by atoms with Crippen LogP contribution in [-0.4, -0.2) is 40.3 Å². The molecule has 2 atom stereocenters. The molecule has 2 aromatic rings. The molecule has 0 bridgehead atoms. The van der Waals surface area contributed by atoms with E-state index in [1.165, 1.54) is 4.88 Å². The largest absolute Gasteiger partial charge is 0.335 e. The molecule has 24 heavy (non-hydrogen) atoms. The minimum Gasteiger partial charge on any atom is -0.335 e. The van der Waals surface area contributed by atoms with Gasteiger partial charge >= 0.3 is 6.03 Å². The van der Waals surface area contributed by atoms with E-state index in [2.05, 4.69) is 15.7 Å². The zero-order chi connectivity index (χ0) is 17.1. The molecule has 0 spiro atoms. The van der Waals surface area contributed by atoms with E-state index in [0.717, 1.165) is 12.1 Å². The molecule has 7 nitrogen and oxygen atoms in total. The highest BCUT2D eigenvalue weighted by Crippen LogP contribution is 2.20. The van der Waals surface area contributed by atoms with E-state index < -0.39 is 6.04 Å². The Labute approximate surface area is 144 Å². The van der Waals surface area contributed by atoms with Crippen LogP contribution in [-0.2, 0) is 18.3 Å². The van der Waals surface area contributed by atoms with Gasteiger partial charge < -0.3 is 15.5 Å². The first kappa shape index (κ1) is 16.5. The number of thiophene rings is 1. The molecular formula is C16H21N5O2S. The maximum Gasteiger partial charge on any atom is 0.315 e. The Morgan fingerprint density at radius 3 is 3.04 bits per heavy atom. The number of urea groups is 1. The van der Waals surface area contributed by atoms with E-state index in [0.29, 0.717) is 13.0 Å². The van der Waals surface area contributed by atoms with Crippen molar-refractivity contribution < 1.29 is 9.59 Å². The van der Waals surface area contributed by atoms with Gasteiger partial charge in [-0.05, 0) is 24.8 Å². The number of rotatable bonds is 5. The minimum absolute atomic E-state index is 0.00887. The third-order valence-corrected chi connectivity index (χ3v) is 4.88. The number of aromatic nitrogens is 2. The second kappa shape index (κ2) is 7.04. The SMILES string of the molecule is CC(Cc1cccs1)NC(=O)NC1CCN(c2cnn(C)c2)C1=O. The Balaban J connectivity index is 1.50. The van der Waals surface area contributed by atoms with Crippen molar-refractivity contribution in [2.45, 2.75) is 31.8 Å². The van der Waals surface area contributed by atoms with Gasteiger partial charge in [0.25, 0.3) is 0 Å². The molecule has 2 N–H and O–H groups in total. The van der Waals surface area contributed by atoms with Crippen molar-refractivity contribution in [3.63, 3.8) is 0 Å². The van der Waals surface area contributed by atoms with E-state index in [-0.39, 0.29) is 18.0 Å². The van der Waals surface area contributed by atoms with Crippen LogP contribution < -0.4 is 15.5 Å². The number of amides is 3. The third-order valence-electron chi connectivity index (χ3n) is 3.98. The summed E-state index contributed by atoms with van der Waals surface area (Å²) >= 11 is 1.67. The fourth-order valence-electron chi connectivity index (χ4n) is 2.82. The summed E-state index contributed by atoms with van der Waals surface area (Å²) < 4.78 is 1.66. The van der Waals surface area contributed by atoms with Crippen LogP contribution in [0.3, 0.4) is 0 Å². The highest BCUT2D eigenvalue weighted by atomic mass is 32.1. The summed E-state index contributed by atoms with van der Waals surface area (Å²) in [7, 11) is 1.81. The molecule has 1 saturated heterocycles.